The van der Waals surface area contributed by atoms with Gasteiger partial charge in [0.25, 0.3) is 0 Å². The van der Waals surface area contributed by atoms with Gasteiger partial charge in [0.15, 0.2) is 0 Å². The van der Waals surface area contributed by atoms with Gasteiger partial charge < -0.3 is 10.2 Å². The van der Waals surface area contributed by atoms with Gasteiger partial charge in [0, 0.05) is 45.3 Å². The standard InChI is InChI=1S/C20H36N4O2/c1-14-11-15(2)13-24(12-14)20(26)17(4)23-9-7-22(8-10-23)16(3)19(25)21-18-5-6-18/h14-18H,5-13H2,1-4H3,(H,21,25)/t14-,15+,16-,17+/m0/s1. The first kappa shape index (κ1) is 19.6. The molecule has 3 aliphatic rings. The van der Waals surface area contributed by atoms with Crippen LogP contribution in [0, 0.1) is 11.8 Å². The van der Waals surface area contributed by atoms with Crippen molar-refractivity contribution in [2.24, 2.45) is 11.8 Å². The van der Waals surface area contributed by atoms with Crippen molar-refractivity contribution in [3.8, 4) is 0 Å². The van der Waals surface area contributed by atoms with Gasteiger partial charge in [-0.05, 0) is 44.9 Å². The maximum Gasteiger partial charge on any atom is 0.239 e. The molecule has 1 saturated carbocycles. The third-order valence-electron chi connectivity index (χ3n) is 6.29. The molecule has 26 heavy (non-hydrogen) atoms. The van der Waals surface area contributed by atoms with Crippen LogP contribution in [0.15, 0.2) is 0 Å². The highest BCUT2D eigenvalue weighted by Crippen LogP contribution is 2.23. The number of carbonyl (C=O) groups excluding carboxylic acids is 2. The van der Waals surface area contributed by atoms with Gasteiger partial charge in [-0.1, -0.05) is 13.8 Å². The maximum absolute atomic E-state index is 12.9. The van der Waals surface area contributed by atoms with Crippen LogP contribution in [0.2, 0.25) is 0 Å². The lowest BCUT2D eigenvalue weighted by molar-refractivity contribution is -0.140. The van der Waals surface area contributed by atoms with E-state index in [4.69, 9.17) is 0 Å². The molecule has 3 rings (SSSR count). The molecule has 0 unspecified atom stereocenters. The molecule has 1 N–H and O–H groups in total. The molecule has 2 saturated heterocycles. The van der Waals surface area contributed by atoms with Crippen molar-refractivity contribution in [3.63, 3.8) is 0 Å². The summed E-state index contributed by atoms with van der Waals surface area (Å²) < 4.78 is 0. The molecule has 0 aromatic carbocycles. The Hall–Kier alpha value is -1.14. The summed E-state index contributed by atoms with van der Waals surface area (Å²) in [5.74, 6) is 1.62. The molecule has 1 aliphatic carbocycles. The number of amides is 2. The first-order chi connectivity index (χ1) is 12.3. The highest BCUT2D eigenvalue weighted by atomic mass is 16.2. The number of carbonyl (C=O) groups is 2. The van der Waals surface area contributed by atoms with Gasteiger partial charge >= 0.3 is 0 Å². The Labute approximate surface area is 158 Å². The Bertz CT molecular complexity index is 504. The van der Waals surface area contributed by atoms with Gasteiger partial charge in [-0.25, -0.2) is 0 Å². The van der Waals surface area contributed by atoms with Gasteiger partial charge in [-0.3, -0.25) is 19.4 Å². The molecule has 0 bridgehead atoms. The second-order valence-corrected chi connectivity index (χ2v) is 8.90. The second-order valence-electron chi connectivity index (χ2n) is 8.90. The number of hydrogen-bond donors (Lipinski definition) is 1. The molecule has 3 fully saturated rings. The van der Waals surface area contributed by atoms with Crippen LogP contribution >= 0.6 is 0 Å². The van der Waals surface area contributed by atoms with Crippen LogP contribution in [-0.2, 0) is 9.59 Å². The van der Waals surface area contributed by atoms with E-state index < -0.39 is 0 Å². The van der Waals surface area contributed by atoms with E-state index >= 15 is 0 Å². The van der Waals surface area contributed by atoms with E-state index in [0.717, 1.165) is 52.1 Å². The second kappa shape index (κ2) is 8.26. The summed E-state index contributed by atoms with van der Waals surface area (Å²) in [6, 6.07) is 0.274. The van der Waals surface area contributed by atoms with E-state index in [1.165, 1.54) is 6.42 Å². The summed E-state index contributed by atoms with van der Waals surface area (Å²) in [6.07, 6.45) is 3.47. The lowest BCUT2D eigenvalue weighted by Gasteiger charge is -2.42. The third kappa shape index (κ3) is 4.77. The number of nitrogens with zero attached hydrogens (tertiary/aromatic N) is 3. The van der Waals surface area contributed by atoms with Crippen LogP contribution in [0.3, 0.4) is 0 Å². The van der Waals surface area contributed by atoms with Crippen LogP contribution in [0.1, 0.15) is 47.0 Å². The first-order valence-electron chi connectivity index (χ1n) is 10.4. The van der Waals surface area contributed by atoms with Crippen LogP contribution < -0.4 is 5.32 Å². The molecule has 0 radical (unpaired) electrons. The fraction of sp³-hybridized carbons (Fsp3) is 0.900. The Balaban J connectivity index is 1.47. The molecule has 6 nitrogen and oxygen atoms in total. The lowest BCUT2D eigenvalue weighted by atomic mass is 9.91. The summed E-state index contributed by atoms with van der Waals surface area (Å²) in [5.41, 5.74) is 0. The fourth-order valence-electron chi connectivity index (χ4n) is 4.49. The van der Waals surface area contributed by atoms with Gasteiger partial charge in [0.05, 0.1) is 12.1 Å². The molecular formula is C20H36N4O2. The van der Waals surface area contributed by atoms with Gasteiger partial charge in [0.2, 0.25) is 11.8 Å². The predicted octanol–water partition coefficient (Wildman–Crippen LogP) is 1.16. The zero-order valence-corrected chi connectivity index (χ0v) is 16.9. The van der Waals surface area contributed by atoms with E-state index in [-0.39, 0.29) is 23.9 Å². The minimum atomic E-state index is -0.0763. The Morgan fingerprint density at radius 1 is 0.885 bits per heavy atom. The summed E-state index contributed by atoms with van der Waals surface area (Å²) >= 11 is 0. The van der Waals surface area contributed by atoms with Crippen molar-refractivity contribution < 1.29 is 9.59 Å². The van der Waals surface area contributed by atoms with Crippen molar-refractivity contribution in [2.45, 2.75) is 65.1 Å². The molecular weight excluding hydrogens is 328 g/mol. The molecule has 0 aromatic rings. The summed E-state index contributed by atoms with van der Waals surface area (Å²) in [7, 11) is 0. The highest BCUT2D eigenvalue weighted by Gasteiger charge is 2.34. The molecule has 4 atom stereocenters. The summed E-state index contributed by atoms with van der Waals surface area (Å²) in [4.78, 5) is 31.8. The topological polar surface area (TPSA) is 55.9 Å². The highest BCUT2D eigenvalue weighted by molar-refractivity contribution is 5.82. The smallest absolute Gasteiger partial charge is 0.239 e. The number of rotatable bonds is 5. The molecule has 0 aromatic heterocycles. The average molecular weight is 365 g/mol. The molecule has 148 valence electrons. The number of piperazine rings is 1. The number of hydrogen-bond acceptors (Lipinski definition) is 4. The van der Waals surface area contributed by atoms with E-state index in [0.29, 0.717) is 17.9 Å². The zero-order valence-electron chi connectivity index (χ0n) is 16.9. The van der Waals surface area contributed by atoms with E-state index in [2.05, 4.69) is 33.9 Å². The zero-order chi connectivity index (χ0) is 18.8. The monoisotopic (exact) mass is 364 g/mol. The molecule has 6 heteroatoms. The Kier molecular flexibility index (Phi) is 6.23. The van der Waals surface area contributed by atoms with Crippen LogP contribution in [0.5, 0.6) is 0 Å². The minimum Gasteiger partial charge on any atom is -0.352 e. The van der Waals surface area contributed by atoms with Crippen molar-refractivity contribution in [1.29, 1.82) is 0 Å². The quantitative estimate of drug-likeness (QED) is 0.796. The average Bonchev–Trinajstić information content (AvgIpc) is 3.43. The maximum atomic E-state index is 12.9. The minimum absolute atomic E-state index is 0.0646. The van der Waals surface area contributed by atoms with Gasteiger partial charge in [-0.15, -0.1) is 0 Å². The Morgan fingerprint density at radius 2 is 1.38 bits per heavy atom. The van der Waals surface area contributed by atoms with Crippen LogP contribution in [-0.4, -0.2) is 83.9 Å². The summed E-state index contributed by atoms with van der Waals surface area (Å²) in [5, 5.41) is 3.10. The molecule has 2 heterocycles. The van der Waals surface area contributed by atoms with E-state index in [1.807, 2.05) is 13.8 Å². The van der Waals surface area contributed by atoms with Crippen molar-refractivity contribution in [3.05, 3.63) is 0 Å². The van der Waals surface area contributed by atoms with Crippen LogP contribution in [0.25, 0.3) is 0 Å². The van der Waals surface area contributed by atoms with Gasteiger partial charge in [-0.2, -0.15) is 0 Å². The third-order valence-corrected chi connectivity index (χ3v) is 6.29. The Morgan fingerprint density at radius 3 is 1.88 bits per heavy atom. The lowest BCUT2D eigenvalue weighted by Crippen LogP contribution is -2.58. The summed E-state index contributed by atoms with van der Waals surface area (Å²) in [6.45, 7) is 13.7. The van der Waals surface area contributed by atoms with Crippen molar-refractivity contribution in [1.82, 2.24) is 20.0 Å². The SMILES string of the molecule is C[C@@H]1C[C@H](C)CN(C(=O)[C@@H](C)N2CCN([C@@H](C)C(=O)NC3CC3)CC2)C1. The van der Waals surface area contributed by atoms with E-state index in [9.17, 15) is 9.59 Å². The normalized spacial score (nSPS) is 30.7. The number of nitrogens with one attached hydrogen (secondary N) is 1. The number of piperidine rings is 1. The number of likely N-dealkylation sites (tertiary alicyclic amines) is 1. The molecule has 2 amide bonds. The molecule has 0 spiro atoms. The van der Waals surface area contributed by atoms with Gasteiger partial charge in [0.1, 0.15) is 0 Å². The first-order valence-corrected chi connectivity index (χ1v) is 10.4. The fourth-order valence-corrected chi connectivity index (χ4v) is 4.49. The van der Waals surface area contributed by atoms with Crippen molar-refractivity contribution >= 4 is 11.8 Å². The molecule has 2 aliphatic heterocycles. The van der Waals surface area contributed by atoms with Crippen molar-refractivity contribution in [2.75, 3.05) is 39.3 Å². The largest absolute Gasteiger partial charge is 0.352 e. The van der Waals surface area contributed by atoms with E-state index in [1.54, 1.807) is 0 Å². The predicted molar refractivity (Wildman–Crippen MR) is 103 cm³/mol. The van der Waals surface area contributed by atoms with Crippen LogP contribution in [0.4, 0.5) is 0 Å².